The molecule has 2 aromatic heterocycles. The zero-order valence-electron chi connectivity index (χ0n) is 15.5. The maximum atomic E-state index is 12.9. The monoisotopic (exact) mass is 415 g/mol. The van der Waals surface area contributed by atoms with Gasteiger partial charge in [-0.25, -0.2) is 14.3 Å². The summed E-state index contributed by atoms with van der Waals surface area (Å²) in [6, 6.07) is 20.1. The van der Waals surface area contributed by atoms with Crippen LogP contribution in [-0.2, 0) is 0 Å². The Morgan fingerprint density at radius 1 is 0.967 bits per heavy atom. The lowest BCUT2D eigenvalue weighted by atomic mass is 10.0. The Balaban J connectivity index is 1.53. The molecule has 8 heteroatoms. The van der Waals surface area contributed by atoms with Gasteiger partial charge in [-0.1, -0.05) is 54.1 Å². The van der Waals surface area contributed by atoms with Crippen LogP contribution >= 0.6 is 11.6 Å². The minimum atomic E-state index is -0.429. The highest BCUT2D eigenvalue weighted by Gasteiger charge is 2.15. The van der Waals surface area contributed by atoms with Gasteiger partial charge < -0.3 is 0 Å². The van der Waals surface area contributed by atoms with E-state index in [2.05, 4.69) is 15.5 Å². The van der Waals surface area contributed by atoms with E-state index in [9.17, 15) is 9.59 Å². The van der Waals surface area contributed by atoms with Crippen molar-refractivity contribution in [2.75, 3.05) is 5.43 Å². The Kier molecular flexibility index (Phi) is 4.30. The third-order valence-corrected chi connectivity index (χ3v) is 5.03. The van der Waals surface area contributed by atoms with E-state index in [4.69, 9.17) is 11.6 Å². The maximum absolute atomic E-state index is 12.9. The number of nitrogens with zero attached hydrogens (tertiary/aromatic N) is 4. The van der Waals surface area contributed by atoms with Gasteiger partial charge in [0.2, 0.25) is 0 Å². The molecule has 5 rings (SSSR count). The van der Waals surface area contributed by atoms with Gasteiger partial charge in [0.05, 0.1) is 11.9 Å². The molecule has 0 aliphatic heterocycles. The maximum Gasteiger partial charge on any atom is 0.283 e. The van der Waals surface area contributed by atoms with Gasteiger partial charge in [-0.2, -0.15) is 5.10 Å². The van der Waals surface area contributed by atoms with Crippen LogP contribution < -0.4 is 11.0 Å². The van der Waals surface area contributed by atoms with Crippen molar-refractivity contribution >= 4 is 39.3 Å². The van der Waals surface area contributed by atoms with E-state index in [-0.39, 0.29) is 5.39 Å². The summed E-state index contributed by atoms with van der Waals surface area (Å²) in [5.41, 5.74) is 3.71. The van der Waals surface area contributed by atoms with Crippen LogP contribution in [0.5, 0.6) is 0 Å². The lowest BCUT2D eigenvalue weighted by molar-refractivity contribution is 0.101. The Hall–Kier alpha value is -3.97. The summed E-state index contributed by atoms with van der Waals surface area (Å²) in [4.78, 5) is 30.1. The van der Waals surface area contributed by atoms with Crippen LogP contribution in [0.4, 0.5) is 0 Å². The van der Waals surface area contributed by atoms with Gasteiger partial charge in [-0.15, -0.1) is 0 Å². The van der Waals surface area contributed by atoms with Gasteiger partial charge in [0.25, 0.3) is 11.5 Å². The van der Waals surface area contributed by atoms with Crippen LogP contribution in [0.2, 0.25) is 5.02 Å². The molecule has 2 heterocycles. The molecule has 0 aliphatic carbocycles. The molecule has 0 bridgehead atoms. The fourth-order valence-electron chi connectivity index (χ4n) is 3.38. The minimum Gasteiger partial charge on any atom is -0.267 e. The van der Waals surface area contributed by atoms with E-state index < -0.39 is 11.5 Å². The predicted octanol–water partition coefficient (Wildman–Crippen LogP) is 3.77. The van der Waals surface area contributed by atoms with Crippen molar-refractivity contribution in [2.45, 2.75) is 0 Å². The molecule has 0 atom stereocenters. The molecule has 3 aromatic carbocycles. The molecule has 1 amide bonds. The molecule has 0 saturated heterocycles. The second-order valence-electron chi connectivity index (χ2n) is 6.66. The predicted molar refractivity (Wildman–Crippen MR) is 116 cm³/mol. The first-order valence-corrected chi connectivity index (χ1v) is 9.50. The normalized spacial score (nSPS) is 11.1. The van der Waals surface area contributed by atoms with Crippen molar-refractivity contribution in [1.82, 2.24) is 19.4 Å². The number of fused-ring (bicyclic) bond motifs is 2. The first kappa shape index (κ1) is 18.1. The third-order valence-electron chi connectivity index (χ3n) is 4.80. The van der Waals surface area contributed by atoms with Gasteiger partial charge in [0.15, 0.2) is 5.65 Å². The summed E-state index contributed by atoms with van der Waals surface area (Å²) in [6.45, 7) is 0. The van der Waals surface area contributed by atoms with Crippen molar-refractivity contribution in [3.63, 3.8) is 0 Å². The highest BCUT2D eigenvalue weighted by Crippen LogP contribution is 2.19. The van der Waals surface area contributed by atoms with E-state index >= 15 is 0 Å². The van der Waals surface area contributed by atoms with Crippen molar-refractivity contribution in [3.05, 3.63) is 100 Å². The molecule has 0 saturated carbocycles. The number of benzene rings is 3. The summed E-state index contributed by atoms with van der Waals surface area (Å²) in [5, 5.41) is 6.82. The molecule has 0 radical (unpaired) electrons. The molecule has 146 valence electrons. The minimum absolute atomic E-state index is 0.274. The van der Waals surface area contributed by atoms with E-state index in [1.165, 1.54) is 17.2 Å². The van der Waals surface area contributed by atoms with Gasteiger partial charge in [0.1, 0.15) is 11.7 Å². The smallest absolute Gasteiger partial charge is 0.267 e. The average Bonchev–Trinajstić information content (AvgIpc) is 3.20. The molecule has 0 fully saturated rings. The van der Waals surface area contributed by atoms with Gasteiger partial charge in [-0.3, -0.25) is 15.0 Å². The number of hydrogen-bond acceptors (Lipinski definition) is 4. The largest absolute Gasteiger partial charge is 0.283 e. The van der Waals surface area contributed by atoms with Crippen LogP contribution in [0.25, 0.3) is 27.5 Å². The molecule has 1 N–H and O–H groups in total. The van der Waals surface area contributed by atoms with E-state index in [1.807, 2.05) is 36.4 Å². The van der Waals surface area contributed by atoms with Gasteiger partial charge in [-0.05, 0) is 35.0 Å². The molecule has 5 aromatic rings. The molecular formula is C22H14ClN5O2. The topological polar surface area (TPSA) is 81.8 Å². The Morgan fingerprint density at radius 2 is 1.77 bits per heavy atom. The van der Waals surface area contributed by atoms with Crippen LogP contribution in [0.3, 0.4) is 0 Å². The Bertz CT molecular complexity index is 1480. The summed E-state index contributed by atoms with van der Waals surface area (Å²) < 4.78 is 2.59. The number of halogens is 1. The SMILES string of the molecule is O=C(Nn1cnc2c(cnn2-c2cccc(Cl)c2)c1=O)c1cccc2ccccc12. The van der Waals surface area contributed by atoms with E-state index in [0.717, 1.165) is 15.4 Å². The molecule has 30 heavy (non-hydrogen) atoms. The first-order chi connectivity index (χ1) is 14.6. The number of carbonyl (C=O) groups is 1. The van der Waals surface area contributed by atoms with Crippen molar-refractivity contribution < 1.29 is 4.79 Å². The lowest BCUT2D eigenvalue weighted by Gasteiger charge is -2.10. The lowest BCUT2D eigenvalue weighted by Crippen LogP contribution is -2.33. The zero-order chi connectivity index (χ0) is 20.7. The summed E-state index contributed by atoms with van der Waals surface area (Å²) in [5.74, 6) is -0.405. The number of carbonyl (C=O) groups excluding carboxylic acids is 1. The van der Waals surface area contributed by atoms with E-state index in [0.29, 0.717) is 21.9 Å². The first-order valence-electron chi connectivity index (χ1n) is 9.12. The van der Waals surface area contributed by atoms with Crippen LogP contribution in [0.15, 0.2) is 84.0 Å². The van der Waals surface area contributed by atoms with Gasteiger partial charge in [0, 0.05) is 10.6 Å². The molecule has 0 spiro atoms. The number of aromatic nitrogens is 4. The van der Waals surface area contributed by atoms with Crippen LogP contribution in [0.1, 0.15) is 10.4 Å². The number of rotatable bonds is 3. The van der Waals surface area contributed by atoms with Crippen LogP contribution in [-0.4, -0.2) is 25.3 Å². The fourth-order valence-corrected chi connectivity index (χ4v) is 3.57. The second kappa shape index (κ2) is 7.13. The van der Waals surface area contributed by atoms with Gasteiger partial charge >= 0.3 is 0 Å². The quantitative estimate of drug-likeness (QED) is 0.486. The third kappa shape index (κ3) is 3.01. The number of amides is 1. The summed E-state index contributed by atoms with van der Waals surface area (Å²) in [7, 11) is 0. The number of hydrogen-bond donors (Lipinski definition) is 1. The summed E-state index contributed by atoms with van der Waals surface area (Å²) >= 11 is 6.05. The summed E-state index contributed by atoms with van der Waals surface area (Å²) in [6.07, 6.45) is 2.70. The van der Waals surface area contributed by atoms with Crippen molar-refractivity contribution in [3.8, 4) is 5.69 Å². The average molecular weight is 416 g/mol. The standard InChI is InChI=1S/C22H14ClN5O2/c23-15-7-4-8-16(11-15)28-20-19(12-25-28)22(30)27(13-24-20)26-21(29)18-10-3-6-14-5-1-2-9-17(14)18/h1-13H,(H,26,29). The molecule has 7 nitrogen and oxygen atoms in total. The molecule has 0 aliphatic rings. The van der Waals surface area contributed by atoms with E-state index in [1.54, 1.807) is 30.3 Å². The second-order valence-corrected chi connectivity index (χ2v) is 7.10. The highest BCUT2D eigenvalue weighted by molar-refractivity contribution is 6.30. The van der Waals surface area contributed by atoms with Crippen LogP contribution in [0, 0.1) is 0 Å². The fraction of sp³-hybridized carbons (Fsp3) is 0. The van der Waals surface area contributed by atoms with Crippen molar-refractivity contribution in [2.24, 2.45) is 0 Å². The molecule has 0 unspecified atom stereocenters. The Morgan fingerprint density at radius 3 is 2.63 bits per heavy atom. The Labute approximate surface area is 175 Å². The zero-order valence-corrected chi connectivity index (χ0v) is 16.2. The highest BCUT2D eigenvalue weighted by atomic mass is 35.5. The number of nitrogens with one attached hydrogen (secondary N) is 1. The molecular weight excluding hydrogens is 402 g/mol. The van der Waals surface area contributed by atoms with Crippen molar-refractivity contribution in [1.29, 1.82) is 0 Å².